The maximum Gasteiger partial charge on any atom is 0.248 e. The van der Waals surface area contributed by atoms with Crippen molar-refractivity contribution in [3.8, 4) is 0 Å². The van der Waals surface area contributed by atoms with Gasteiger partial charge < -0.3 is 15.4 Å². The van der Waals surface area contributed by atoms with E-state index in [2.05, 4.69) is 19.1 Å². The smallest absolute Gasteiger partial charge is 0.248 e. The second-order valence-corrected chi connectivity index (χ2v) is 4.34. The van der Waals surface area contributed by atoms with E-state index in [1.54, 1.807) is 4.90 Å². The highest BCUT2D eigenvalue weighted by Gasteiger charge is 2.26. The molecule has 1 fully saturated rings. The minimum absolute atomic E-state index is 0.0272. The summed E-state index contributed by atoms with van der Waals surface area (Å²) in [5.74, 6) is 0.0272. The molecule has 0 aromatic heterocycles. The lowest BCUT2D eigenvalue weighted by molar-refractivity contribution is -0.149. The number of hydrogen-bond donors (Lipinski definition) is 1. The van der Waals surface area contributed by atoms with Crippen LogP contribution in [0.4, 0.5) is 0 Å². The Kier molecular flexibility index (Phi) is 3.76. The van der Waals surface area contributed by atoms with Gasteiger partial charge in [-0.25, -0.2) is 0 Å². The van der Waals surface area contributed by atoms with Gasteiger partial charge in [-0.1, -0.05) is 29.8 Å². The van der Waals surface area contributed by atoms with Crippen LogP contribution >= 0.6 is 0 Å². The molecule has 17 heavy (non-hydrogen) atoms. The summed E-state index contributed by atoms with van der Waals surface area (Å²) in [7, 11) is 0. The molecule has 92 valence electrons. The summed E-state index contributed by atoms with van der Waals surface area (Å²) in [6.07, 6.45) is -0.0286. The van der Waals surface area contributed by atoms with Gasteiger partial charge in [0.15, 0.2) is 0 Å². The van der Waals surface area contributed by atoms with Crippen molar-refractivity contribution in [3.05, 3.63) is 35.4 Å². The molecule has 2 N–H and O–H groups in total. The van der Waals surface area contributed by atoms with E-state index in [0.717, 1.165) is 5.56 Å². The Hall–Kier alpha value is -1.39. The SMILES string of the molecule is Cc1cccc(C2CN(CCN)C(=O)CO2)c1. The molecular formula is C13H18N2O2. The Morgan fingerprint density at radius 1 is 1.53 bits per heavy atom. The Bertz CT molecular complexity index is 406. The molecule has 4 nitrogen and oxygen atoms in total. The van der Waals surface area contributed by atoms with Gasteiger partial charge in [-0.05, 0) is 12.5 Å². The Labute approximate surface area is 101 Å². The number of aryl methyl sites for hydroxylation is 1. The topological polar surface area (TPSA) is 55.6 Å². The van der Waals surface area contributed by atoms with Gasteiger partial charge in [-0.3, -0.25) is 4.79 Å². The summed E-state index contributed by atoms with van der Waals surface area (Å²) in [5.41, 5.74) is 7.82. The first-order valence-electron chi connectivity index (χ1n) is 5.86. The maximum atomic E-state index is 11.6. The summed E-state index contributed by atoms with van der Waals surface area (Å²) in [6, 6.07) is 8.20. The lowest BCUT2D eigenvalue weighted by Gasteiger charge is -2.32. The third kappa shape index (κ3) is 2.84. The fraction of sp³-hybridized carbons (Fsp3) is 0.462. The average Bonchev–Trinajstić information content (AvgIpc) is 2.32. The highest BCUT2D eigenvalue weighted by Crippen LogP contribution is 2.23. The van der Waals surface area contributed by atoms with E-state index in [1.165, 1.54) is 5.56 Å². The third-order valence-corrected chi connectivity index (χ3v) is 2.96. The van der Waals surface area contributed by atoms with Crippen LogP contribution in [0.2, 0.25) is 0 Å². The molecule has 0 saturated carbocycles. The van der Waals surface area contributed by atoms with Gasteiger partial charge in [0.25, 0.3) is 0 Å². The van der Waals surface area contributed by atoms with Crippen molar-refractivity contribution >= 4 is 5.91 Å². The van der Waals surface area contributed by atoms with Crippen molar-refractivity contribution in [2.45, 2.75) is 13.0 Å². The van der Waals surface area contributed by atoms with Gasteiger partial charge >= 0.3 is 0 Å². The van der Waals surface area contributed by atoms with E-state index in [9.17, 15) is 4.79 Å². The second-order valence-electron chi connectivity index (χ2n) is 4.34. The molecule has 1 amide bonds. The Morgan fingerprint density at radius 2 is 2.35 bits per heavy atom. The average molecular weight is 234 g/mol. The van der Waals surface area contributed by atoms with Crippen LogP contribution in [-0.2, 0) is 9.53 Å². The van der Waals surface area contributed by atoms with E-state index in [1.807, 2.05) is 12.1 Å². The molecule has 1 aliphatic heterocycles. The van der Waals surface area contributed by atoms with Crippen molar-refractivity contribution in [3.63, 3.8) is 0 Å². The first kappa shape index (κ1) is 12.1. The summed E-state index contributed by atoms with van der Waals surface area (Å²) in [4.78, 5) is 13.3. The van der Waals surface area contributed by atoms with E-state index >= 15 is 0 Å². The van der Waals surface area contributed by atoms with Crippen LogP contribution in [0.5, 0.6) is 0 Å². The zero-order valence-corrected chi connectivity index (χ0v) is 10.1. The number of nitrogens with two attached hydrogens (primary N) is 1. The van der Waals surface area contributed by atoms with Gasteiger partial charge in [0.1, 0.15) is 12.7 Å². The van der Waals surface area contributed by atoms with Crippen LogP contribution < -0.4 is 5.73 Å². The highest BCUT2D eigenvalue weighted by atomic mass is 16.5. The molecule has 1 aromatic carbocycles. The van der Waals surface area contributed by atoms with Crippen molar-refractivity contribution < 1.29 is 9.53 Å². The first-order chi connectivity index (χ1) is 8.20. The number of benzene rings is 1. The van der Waals surface area contributed by atoms with Crippen LogP contribution in [0.3, 0.4) is 0 Å². The zero-order chi connectivity index (χ0) is 12.3. The van der Waals surface area contributed by atoms with Crippen LogP contribution in [0, 0.1) is 6.92 Å². The summed E-state index contributed by atoms with van der Waals surface area (Å²) < 4.78 is 5.58. The number of rotatable bonds is 3. The predicted octanol–water partition coefficient (Wildman–Crippen LogP) is 0.854. The summed E-state index contributed by atoms with van der Waals surface area (Å²) in [6.45, 7) is 3.89. The molecule has 4 heteroatoms. The fourth-order valence-corrected chi connectivity index (χ4v) is 2.06. The van der Waals surface area contributed by atoms with Crippen molar-refractivity contribution in [2.24, 2.45) is 5.73 Å². The largest absolute Gasteiger partial charge is 0.362 e. The number of nitrogens with zero attached hydrogens (tertiary/aromatic N) is 1. The third-order valence-electron chi connectivity index (χ3n) is 2.96. The molecule has 0 radical (unpaired) electrons. The maximum absolute atomic E-state index is 11.6. The lowest BCUT2D eigenvalue weighted by Crippen LogP contribution is -2.45. The van der Waals surface area contributed by atoms with Gasteiger partial charge in [-0.15, -0.1) is 0 Å². The zero-order valence-electron chi connectivity index (χ0n) is 10.1. The molecule has 0 aliphatic carbocycles. The molecule has 0 bridgehead atoms. The van der Waals surface area contributed by atoms with E-state index in [4.69, 9.17) is 10.5 Å². The van der Waals surface area contributed by atoms with Gasteiger partial charge in [0, 0.05) is 13.1 Å². The van der Waals surface area contributed by atoms with Crippen molar-refractivity contribution in [1.29, 1.82) is 0 Å². The minimum atomic E-state index is -0.0286. The molecule has 1 atom stereocenters. The first-order valence-corrected chi connectivity index (χ1v) is 5.86. The van der Waals surface area contributed by atoms with Crippen LogP contribution in [0.25, 0.3) is 0 Å². The molecule has 1 unspecified atom stereocenters. The lowest BCUT2D eigenvalue weighted by atomic mass is 10.1. The van der Waals surface area contributed by atoms with Gasteiger partial charge in [0.2, 0.25) is 5.91 Å². The number of ether oxygens (including phenoxy) is 1. The number of morpholine rings is 1. The molecule has 1 saturated heterocycles. The van der Waals surface area contributed by atoms with E-state index in [0.29, 0.717) is 19.6 Å². The fourth-order valence-electron chi connectivity index (χ4n) is 2.06. The van der Waals surface area contributed by atoms with Crippen LogP contribution in [0.15, 0.2) is 24.3 Å². The second kappa shape index (κ2) is 5.29. The summed E-state index contributed by atoms with van der Waals surface area (Å²) in [5, 5.41) is 0. The number of hydrogen-bond acceptors (Lipinski definition) is 3. The quantitative estimate of drug-likeness (QED) is 0.843. The Morgan fingerprint density at radius 3 is 3.06 bits per heavy atom. The predicted molar refractivity (Wildman–Crippen MR) is 65.5 cm³/mol. The summed E-state index contributed by atoms with van der Waals surface area (Å²) >= 11 is 0. The van der Waals surface area contributed by atoms with Crippen LogP contribution in [0.1, 0.15) is 17.2 Å². The molecule has 2 rings (SSSR count). The molecule has 1 aromatic rings. The number of carbonyl (C=O) groups is 1. The van der Waals surface area contributed by atoms with E-state index < -0.39 is 0 Å². The van der Waals surface area contributed by atoms with E-state index in [-0.39, 0.29) is 18.6 Å². The normalized spacial score (nSPS) is 20.7. The van der Waals surface area contributed by atoms with Gasteiger partial charge in [0.05, 0.1) is 6.54 Å². The van der Waals surface area contributed by atoms with Crippen molar-refractivity contribution in [1.82, 2.24) is 4.90 Å². The van der Waals surface area contributed by atoms with Crippen molar-refractivity contribution in [2.75, 3.05) is 26.2 Å². The van der Waals surface area contributed by atoms with Crippen LogP contribution in [-0.4, -0.2) is 37.0 Å². The number of carbonyl (C=O) groups excluding carboxylic acids is 1. The molecule has 0 spiro atoms. The monoisotopic (exact) mass is 234 g/mol. The molecular weight excluding hydrogens is 216 g/mol. The molecule has 1 heterocycles. The van der Waals surface area contributed by atoms with Gasteiger partial charge in [-0.2, -0.15) is 0 Å². The molecule has 1 aliphatic rings. The number of amides is 1. The Balaban J connectivity index is 2.10. The highest BCUT2D eigenvalue weighted by molar-refractivity contribution is 5.78. The standard InChI is InChI=1S/C13H18N2O2/c1-10-3-2-4-11(7-10)12-8-15(6-5-14)13(16)9-17-12/h2-4,7,12H,5-6,8-9,14H2,1H3. The minimum Gasteiger partial charge on any atom is -0.362 e.